The summed E-state index contributed by atoms with van der Waals surface area (Å²) in [5.41, 5.74) is 0. The zero-order valence-corrected chi connectivity index (χ0v) is 13.9. The summed E-state index contributed by atoms with van der Waals surface area (Å²) in [7, 11) is 0. The van der Waals surface area contributed by atoms with Crippen molar-refractivity contribution in [3.8, 4) is 0 Å². The Morgan fingerprint density at radius 3 is 1.89 bits per heavy atom. The van der Waals surface area contributed by atoms with Crippen LogP contribution in [0.3, 0.4) is 0 Å². The van der Waals surface area contributed by atoms with E-state index in [2.05, 4.69) is 6.92 Å². The molecule has 0 aromatic carbocycles. The Morgan fingerprint density at radius 2 is 1.47 bits per heavy atom. The van der Waals surface area contributed by atoms with Gasteiger partial charge < -0.3 is 5.11 Å². The van der Waals surface area contributed by atoms with Gasteiger partial charge in [-0.05, 0) is 6.42 Å². The first-order valence-electron chi connectivity index (χ1n) is 7.16. The number of carboxylic acid groups (broad SMARTS) is 1. The number of hydrogen-bond donors (Lipinski definition) is 1. The quantitative estimate of drug-likeness (QED) is 0.373. The molecule has 5 heteroatoms. The Balaban J connectivity index is 3.63. The molecule has 114 valence electrons. The molecule has 0 aliphatic heterocycles. The fraction of sp³-hybridized carbons (Fsp3) is 0.929. The average molecular weight is 332 g/mol. The molecule has 1 N–H and O–H groups in total. The molecular weight excluding hydrogens is 307 g/mol. The van der Waals surface area contributed by atoms with Crippen molar-refractivity contribution < 1.29 is 9.90 Å². The van der Waals surface area contributed by atoms with Gasteiger partial charge in [-0.25, -0.2) is 0 Å². The van der Waals surface area contributed by atoms with Crippen molar-refractivity contribution in [1.82, 2.24) is 0 Å². The lowest BCUT2D eigenvalue weighted by Gasteiger charge is -2.17. The van der Waals surface area contributed by atoms with Gasteiger partial charge in [0, 0.05) is 6.42 Å². The number of aliphatic carboxylic acids is 1. The highest BCUT2D eigenvalue weighted by atomic mass is 35.6. The number of carboxylic acids is 1. The van der Waals surface area contributed by atoms with Gasteiger partial charge in [0.25, 0.3) is 0 Å². The minimum Gasteiger partial charge on any atom is -0.481 e. The topological polar surface area (TPSA) is 37.3 Å². The molecule has 2 nitrogen and oxygen atoms in total. The lowest BCUT2D eigenvalue weighted by Crippen LogP contribution is -2.20. The molecule has 0 saturated heterocycles. The van der Waals surface area contributed by atoms with Gasteiger partial charge >= 0.3 is 5.97 Å². The van der Waals surface area contributed by atoms with E-state index in [4.69, 9.17) is 39.9 Å². The Kier molecular flexibility index (Phi) is 11.2. The zero-order chi connectivity index (χ0) is 14.7. The third kappa shape index (κ3) is 13.1. The first-order chi connectivity index (χ1) is 8.87. The van der Waals surface area contributed by atoms with Crippen LogP contribution in [-0.2, 0) is 4.79 Å². The second-order valence-electron chi connectivity index (χ2n) is 5.12. The van der Waals surface area contributed by atoms with Gasteiger partial charge in [-0.3, -0.25) is 4.79 Å². The van der Waals surface area contributed by atoms with Crippen LogP contribution in [0.15, 0.2) is 0 Å². The molecule has 0 rings (SSSR count). The van der Waals surface area contributed by atoms with E-state index in [0.717, 1.165) is 12.8 Å². The largest absolute Gasteiger partial charge is 0.481 e. The van der Waals surface area contributed by atoms with E-state index in [9.17, 15) is 4.79 Å². The molecule has 0 aliphatic rings. The van der Waals surface area contributed by atoms with Gasteiger partial charge in [-0.15, -0.1) is 0 Å². The molecule has 0 fully saturated rings. The fourth-order valence-electron chi connectivity index (χ4n) is 2.12. The van der Waals surface area contributed by atoms with Gasteiger partial charge in [0.1, 0.15) is 0 Å². The highest BCUT2D eigenvalue weighted by molar-refractivity contribution is 6.67. The average Bonchev–Trinajstić information content (AvgIpc) is 2.29. The molecule has 0 radical (unpaired) electrons. The molecule has 0 aliphatic carbocycles. The Morgan fingerprint density at radius 1 is 1.00 bits per heavy atom. The summed E-state index contributed by atoms with van der Waals surface area (Å²) in [5.74, 6) is -1.41. The monoisotopic (exact) mass is 330 g/mol. The van der Waals surface area contributed by atoms with E-state index in [1.807, 2.05) is 0 Å². The van der Waals surface area contributed by atoms with Crippen molar-refractivity contribution in [3.63, 3.8) is 0 Å². The van der Waals surface area contributed by atoms with Gasteiger partial charge in [0.15, 0.2) is 3.79 Å². The summed E-state index contributed by atoms with van der Waals surface area (Å²) < 4.78 is -1.47. The summed E-state index contributed by atoms with van der Waals surface area (Å²) >= 11 is 17.0. The van der Waals surface area contributed by atoms with E-state index < -0.39 is 15.7 Å². The maximum Gasteiger partial charge on any atom is 0.306 e. The predicted molar refractivity (Wildman–Crippen MR) is 83.3 cm³/mol. The van der Waals surface area contributed by atoms with Crippen molar-refractivity contribution in [3.05, 3.63) is 0 Å². The third-order valence-electron chi connectivity index (χ3n) is 3.23. The molecule has 0 bridgehead atoms. The minimum absolute atomic E-state index is 0.0868. The first kappa shape index (κ1) is 19.3. The van der Waals surface area contributed by atoms with Crippen molar-refractivity contribution >= 4 is 40.8 Å². The number of unbranched alkanes of at least 4 members (excludes halogenated alkanes) is 7. The van der Waals surface area contributed by atoms with Crippen LogP contribution in [0.1, 0.15) is 71.1 Å². The minimum atomic E-state index is -1.47. The third-order valence-corrected chi connectivity index (χ3v) is 3.70. The molecule has 0 saturated carbocycles. The standard InChI is InChI=1S/C14H25Cl3O2/c1-2-3-4-5-6-7-8-9-10-12(13(18)19)11-14(15,16)17/h12H,2-11H2,1H3,(H,18,19). The van der Waals surface area contributed by atoms with Crippen molar-refractivity contribution in [1.29, 1.82) is 0 Å². The normalized spacial score (nSPS) is 13.5. The number of carbonyl (C=O) groups is 1. The Labute approximate surface area is 131 Å². The molecule has 19 heavy (non-hydrogen) atoms. The van der Waals surface area contributed by atoms with E-state index in [1.165, 1.54) is 38.5 Å². The molecular formula is C14H25Cl3O2. The SMILES string of the molecule is CCCCCCCCCCC(CC(Cl)(Cl)Cl)C(=O)O. The Bertz CT molecular complexity index is 239. The van der Waals surface area contributed by atoms with E-state index >= 15 is 0 Å². The van der Waals surface area contributed by atoms with Gasteiger partial charge in [-0.2, -0.15) is 0 Å². The maximum absolute atomic E-state index is 11.0. The van der Waals surface area contributed by atoms with Crippen LogP contribution in [0.5, 0.6) is 0 Å². The molecule has 0 aromatic heterocycles. The van der Waals surface area contributed by atoms with Gasteiger partial charge in [-0.1, -0.05) is 93.1 Å². The summed E-state index contributed by atoms with van der Waals surface area (Å²) in [6.45, 7) is 2.21. The van der Waals surface area contributed by atoms with Gasteiger partial charge in [0.2, 0.25) is 0 Å². The molecule has 0 heterocycles. The lowest BCUT2D eigenvalue weighted by atomic mass is 9.97. The second kappa shape index (κ2) is 11.0. The van der Waals surface area contributed by atoms with Crippen molar-refractivity contribution in [2.24, 2.45) is 5.92 Å². The fourth-order valence-corrected chi connectivity index (χ4v) is 2.68. The number of rotatable bonds is 11. The highest BCUT2D eigenvalue weighted by Crippen LogP contribution is 2.35. The molecule has 0 amide bonds. The maximum atomic E-state index is 11.0. The van der Waals surface area contributed by atoms with E-state index in [0.29, 0.717) is 6.42 Å². The van der Waals surface area contributed by atoms with Crippen LogP contribution < -0.4 is 0 Å². The van der Waals surface area contributed by atoms with Crippen LogP contribution in [0, 0.1) is 5.92 Å². The molecule has 0 aromatic rings. The highest BCUT2D eigenvalue weighted by Gasteiger charge is 2.29. The van der Waals surface area contributed by atoms with Crippen LogP contribution >= 0.6 is 34.8 Å². The summed E-state index contributed by atoms with van der Waals surface area (Å²) in [6, 6.07) is 0. The van der Waals surface area contributed by atoms with Crippen LogP contribution in [-0.4, -0.2) is 14.9 Å². The van der Waals surface area contributed by atoms with E-state index in [1.54, 1.807) is 0 Å². The van der Waals surface area contributed by atoms with Crippen LogP contribution in [0.25, 0.3) is 0 Å². The lowest BCUT2D eigenvalue weighted by molar-refractivity contribution is -0.142. The van der Waals surface area contributed by atoms with Gasteiger partial charge in [0.05, 0.1) is 5.92 Å². The molecule has 1 atom stereocenters. The number of alkyl halides is 3. The van der Waals surface area contributed by atoms with Crippen LogP contribution in [0.2, 0.25) is 0 Å². The van der Waals surface area contributed by atoms with E-state index in [-0.39, 0.29) is 6.42 Å². The Hall–Kier alpha value is 0.340. The van der Waals surface area contributed by atoms with Crippen molar-refractivity contribution in [2.75, 3.05) is 0 Å². The zero-order valence-electron chi connectivity index (χ0n) is 11.6. The summed E-state index contributed by atoms with van der Waals surface area (Å²) in [4.78, 5) is 11.0. The number of hydrogen-bond acceptors (Lipinski definition) is 1. The smallest absolute Gasteiger partial charge is 0.306 e. The predicted octanol–water partition coefficient (Wildman–Crippen LogP) is 5.98. The van der Waals surface area contributed by atoms with Crippen LogP contribution in [0.4, 0.5) is 0 Å². The summed E-state index contributed by atoms with van der Waals surface area (Å²) in [6.07, 6.45) is 10.2. The summed E-state index contributed by atoms with van der Waals surface area (Å²) in [5, 5.41) is 9.06. The molecule has 1 unspecified atom stereocenters. The second-order valence-corrected chi connectivity index (χ2v) is 7.63. The number of halogens is 3. The molecule has 0 spiro atoms. The first-order valence-corrected chi connectivity index (χ1v) is 8.29. The van der Waals surface area contributed by atoms with Crippen molar-refractivity contribution in [2.45, 2.75) is 74.9 Å².